The maximum Gasteiger partial charge on any atom is 0.294 e. The first-order valence-corrected chi connectivity index (χ1v) is 9.83. The second-order valence-electron chi connectivity index (χ2n) is 7.06. The van der Waals surface area contributed by atoms with Gasteiger partial charge in [0.2, 0.25) is 0 Å². The molecule has 4 rings (SSSR count). The van der Waals surface area contributed by atoms with E-state index in [9.17, 15) is 14.7 Å². The van der Waals surface area contributed by atoms with Gasteiger partial charge in [-0.3, -0.25) is 14.5 Å². The molecule has 5 heteroatoms. The molecule has 0 radical (unpaired) electrons. The summed E-state index contributed by atoms with van der Waals surface area (Å²) >= 11 is 0. The summed E-state index contributed by atoms with van der Waals surface area (Å²) in [6.07, 6.45) is 3.06. The largest absolute Gasteiger partial charge is 0.503 e. The van der Waals surface area contributed by atoms with Crippen molar-refractivity contribution >= 4 is 23.5 Å². The van der Waals surface area contributed by atoms with E-state index in [1.54, 1.807) is 61.7 Å². The fourth-order valence-electron chi connectivity index (χ4n) is 3.64. The molecule has 1 atom stereocenters. The smallest absolute Gasteiger partial charge is 0.294 e. The number of ether oxygens (including phenoxy) is 1. The Labute approximate surface area is 180 Å². The first-order chi connectivity index (χ1) is 15.1. The van der Waals surface area contributed by atoms with Gasteiger partial charge < -0.3 is 9.84 Å². The summed E-state index contributed by atoms with van der Waals surface area (Å²) in [6.45, 7) is 0. The van der Waals surface area contributed by atoms with Gasteiger partial charge in [0.05, 0.1) is 18.7 Å². The van der Waals surface area contributed by atoms with Crippen LogP contribution in [0.3, 0.4) is 0 Å². The molecule has 0 saturated carbocycles. The molecule has 1 N–H and O–H groups in total. The summed E-state index contributed by atoms with van der Waals surface area (Å²) < 4.78 is 5.23. The maximum absolute atomic E-state index is 13.2. The van der Waals surface area contributed by atoms with Gasteiger partial charge in [0.1, 0.15) is 5.75 Å². The lowest BCUT2D eigenvalue weighted by molar-refractivity contribution is -0.117. The Hall–Kier alpha value is -4.12. The first kappa shape index (κ1) is 20.2. The molecule has 154 valence electrons. The third-order valence-electron chi connectivity index (χ3n) is 5.17. The molecule has 5 nitrogen and oxygen atoms in total. The molecule has 3 aromatic carbocycles. The molecule has 1 heterocycles. The number of para-hydroxylation sites is 1. The van der Waals surface area contributed by atoms with Crippen LogP contribution in [0.25, 0.3) is 6.08 Å². The lowest BCUT2D eigenvalue weighted by atomic mass is 9.95. The molecule has 0 bridgehead atoms. The van der Waals surface area contributed by atoms with Gasteiger partial charge in [-0.1, -0.05) is 66.7 Å². The van der Waals surface area contributed by atoms with Gasteiger partial charge in [-0.25, -0.2) is 0 Å². The number of nitrogens with zero attached hydrogens (tertiary/aromatic N) is 1. The van der Waals surface area contributed by atoms with Crippen LogP contribution >= 0.6 is 0 Å². The highest BCUT2D eigenvalue weighted by molar-refractivity contribution is 6.19. The summed E-state index contributed by atoms with van der Waals surface area (Å²) in [6, 6.07) is 24.7. The van der Waals surface area contributed by atoms with Crippen LogP contribution in [0.15, 0.2) is 102 Å². The summed E-state index contributed by atoms with van der Waals surface area (Å²) in [5.41, 5.74) is 2.18. The predicted octanol–water partition coefficient (Wildman–Crippen LogP) is 4.88. The van der Waals surface area contributed by atoms with E-state index in [1.807, 2.05) is 36.4 Å². The number of allylic oxidation sites excluding steroid dienone is 1. The van der Waals surface area contributed by atoms with Gasteiger partial charge in [0.15, 0.2) is 11.5 Å². The van der Waals surface area contributed by atoms with Crippen LogP contribution in [0.2, 0.25) is 0 Å². The van der Waals surface area contributed by atoms with Crippen molar-refractivity contribution in [1.29, 1.82) is 0 Å². The number of methoxy groups -OCH3 is 1. The summed E-state index contributed by atoms with van der Waals surface area (Å²) in [5, 5.41) is 10.7. The van der Waals surface area contributed by atoms with Crippen molar-refractivity contribution < 1.29 is 19.4 Å². The van der Waals surface area contributed by atoms with Gasteiger partial charge in [0.25, 0.3) is 5.91 Å². The van der Waals surface area contributed by atoms with Crippen LogP contribution in [0, 0.1) is 0 Å². The zero-order chi connectivity index (χ0) is 21.8. The van der Waals surface area contributed by atoms with E-state index in [0.29, 0.717) is 17.0 Å². The van der Waals surface area contributed by atoms with Gasteiger partial charge >= 0.3 is 0 Å². The third-order valence-corrected chi connectivity index (χ3v) is 5.17. The van der Waals surface area contributed by atoms with Crippen LogP contribution in [-0.2, 0) is 9.59 Å². The van der Waals surface area contributed by atoms with Crippen molar-refractivity contribution in [2.75, 3.05) is 12.0 Å². The zero-order valence-electron chi connectivity index (χ0n) is 16.9. The SMILES string of the molecule is COc1ccc(C2C(C(=O)/C=C/c3ccccc3)=C(O)C(=O)N2c2ccccc2)cc1. The van der Waals surface area contributed by atoms with Crippen molar-refractivity contribution in [3.63, 3.8) is 0 Å². The molecular weight excluding hydrogens is 390 g/mol. The number of carbonyl (C=O) groups is 2. The average Bonchev–Trinajstić information content (AvgIpc) is 3.09. The number of aliphatic hydroxyl groups excluding tert-OH is 1. The van der Waals surface area contributed by atoms with E-state index < -0.39 is 23.5 Å². The molecule has 0 spiro atoms. The van der Waals surface area contributed by atoms with Crippen molar-refractivity contribution in [3.8, 4) is 5.75 Å². The lowest BCUT2D eigenvalue weighted by Gasteiger charge is -2.26. The average molecular weight is 411 g/mol. The predicted molar refractivity (Wildman–Crippen MR) is 120 cm³/mol. The van der Waals surface area contributed by atoms with Gasteiger partial charge in [-0.15, -0.1) is 0 Å². The lowest BCUT2D eigenvalue weighted by Crippen LogP contribution is -2.30. The standard InChI is InChI=1S/C26H21NO4/c1-31-21-15-13-19(14-16-21)24-23(22(28)17-12-18-8-4-2-5-9-18)25(29)26(30)27(24)20-10-6-3-7-11-20/h2-17,24,29H,1H3/b17-12+. The summed E-state index contributed by atoms with van der Waals surface area (Å²) in [4.78, 5) is 27.6. The molecule has 0 fully saturated rings. The number of hydrogen-bond donors (Lipinski definition) is 1. The second-order valence-corrected chi connectivity index (χ2v) is 7.06. The first-order valence-electron chi connectivity index (χ1n) is 9.83. The van der Waals surface area contributed by atoms with Crippen molar-refractivity contribution in [3.05, 3.63) is 113 Å². The minimum Gasteiger partial charge on any atom is -0.503 e. The number of carbonyl (C=O) groups excluding carboxylic acids is 2. The summed E-state index contributed by atoms with van der Waals surface area (Å²) in [7, 11) is 1.57. The molecule has 0 saturated heterocycles. The number of hydrogen-bond acceptors (Lipinski definition) is 4. The Morgan fingerprint density at radius 3 is 2.16 bits per heavy atom. The van der Waals surface area contributed by atoms with Crippen LogP contribution in [0.4, 0.5) is 5.69 Å². The quantitative estimate of drug-likeness (QED) is 0.587. The third kappa shape index (κ3) is 3.98. The summed E-state index contributed by atoms with van der Waals surface area (Å²) in [5.74, 6) is -0.908. The highest BCUT2D eigenvalue weighted by atomic mass is 16.5. The van der Waals surface area contributed by atoms with Gasteiger partial charge in [0, 0.05) is 5.69 Å². The Morgan fingerprint density at radius 2 is 1.55 bits per heavy atom. The van der Waals surface area contributed by atoms with E-state index in [4.69, 9.17) is 4.74 Å². The Bertz CT molecular complexity index is 1150. The molecule has 1 aliphatic heterocycles. The molecule has 0 aromatic heterocycles. The monoisotopic (exact) mass is 411 g/mol. The van der Waals surface area contributed by atoms with E-state index in [-0.39, 0.29) is 5.57 Å². The Morgan fingerprint density at radius 1 is 0.935 bits per heavy atom. The fourth-order valence-corrected chi connectivity index (χ4v) is 3.64. The van der Waals surface area contributed by atoms with Crippen LogP contribution in [0.1, 0.15) is 17.2 Å². The van der Waals surface area contributed by atoms with Crippen molar-refractivity contribution in [1.82, 2.24) is 0 Å². The number of aliphatic hydroxyl groups is 1. The van der Waals surface area contributed by atoms with E-state index >= 15 is 0 Å². The van der Waals surface area contributed by atoms with E-state index in [0.717, 1.165) is 5.56 Å². The van der Waals surface area contributed by atoms with Crippen LogP contribution in [0.5, 0.6) is 5.75 Å². The minimum atomic E-state index is -0.756. The molecule has 1 unspecified atom stereocenters. The minimum absolute atomic E-state index is 0.0474. The molecule has 0 aliphatic carbocycles. The van der Waals surface area contributed by atoms with Crippen LogP contribution < -0.4 is 9.64 Å². The van der Waals surface area contributed by atoms with E-state index in [2.05, 4.69) is 0 Å². The zero-order valence-corrected chi connectivity index (χ0v) is 16.9. The normalized spacial score (nSPS) is 16.2. The number of rotatable bonds is 6. The maximum atomic E-state index is 13.2. The molecular formula is C26H21NO4. The highest BCUT2D eigenvalue weighted by Gasteiger charge is 2.43. The number of anilines is 1. The number of amides is 1. The fraction of sp³-hybridized carbons (Fsp3) is 0.0769. The van der Waals surface area contributed by atoms with Gasteiger partial charge in [-0.2, -0.15) is 0 Å². The molecule has 3 aromatic rings. The molecule has 31 heavy (non-hydrogen) atoms. The van der Waals surface area contributed by atoms with Crippen molar-refractivity contribution in [2.24, 2.45) is 0 Å². The Balaban J connectivity index is 1.77. The van der Waals surface area contributed by atoms with Gasteiger partial charge in [-0.05, 0) is 41.5 Å². The van der Waals surface area contributed by atoms with Crippen molar-refractivity contribution in [2.45, 2.75) is 6.04 Å². The Kier molecular flexibility index (Phi) is 5.67. The molecule has 1 aliphatic rings. The van der Waals surface area contributed by atoms with Crippen LogP contribution in [-0.4, -0.2) is 23.9 Å². The second kappa shape index (κ2) is 8.71. The highest BCUT2D eigenvalue weighted by Crippen LogP contribution is 2.41. The molecule has 1 amide bonds. The van der Waals surface area contributed by atoms with E-state index in [1.165, 1.54) is 11.0 Å². The number of benzene rings is 3. The topological polar surface area (TPSA) is 66.8 Å². The number of ketones is 1.